The summed E-state index contributed by atoms with van der Waals surface area (Å²) in [5.74, 6) is 0.171. The maximum atomic E-state index is 13.1. The number of esters is 4. The molecule has 0 aliphatic rings. The number of hydrogen-bond acceptors (Lipinski definition) is 15. The molecule has 0 radical (unpaired) electrons. The van der Waals surface area contributed by atoms with Gasteiger partial charge in [-0.2, -0.15) is 0 Å². The van der Waals surface area contributed by atoms with Crippen LogP contribution in [0.25, 0.3) is 0 Å². The molecular formula is C83H162O17P2. The summed E-state index contributed by atoms with van der Waals surface area (Å²) in [4.78, 5) is 73.1. The van der Waals surface area contributed by atoms with Crippen molar-refractivity contribution in [3.63, 3.8) is 0 Å². The highest BCUT2D eigenvalue weighted by atomic mass is 31.2. The zero-order valence-electron chi connectivity index (χ0n) is 67.1. The summed E-state index contributed by atoms with van der Waals surface area (Å²) in [5.41, 5.74) is 0. The molecular weight excluding hydrogens is 1330 g/mol. The van der Waals surface area contributed by atoms with Crippen molar-refractivity contribution >= 4 is 39.5 Å². The maximum absolute atomic E-state index is 13.1. The zero-order chi connectivity index (χ0) is 75.1. The van der Waals surface area contributed by atoms with Gasteiger partial charge in [-0.3, -0.25) is 37.3 Å². The van der Waals surface area contributed by atoms with Gasteiger partial charge in [0.05, 0.1) is 26.4 Å². The largest absolute Gasteiger partial charge is 0.472 e. The number of phosphoric acid groups is 2. The molecule has 0 aliphatic heterocycles. The summed E-state index contributed by atoms with van der Waals surface area (Å²) in [7, 11) is -9.92. The van der Waals surface area contributed by atoms with Crippen molar-refractivity contribution in [3.05, 3.63) is 0 Å². The number of unbranched alkanes of at least 4 members (excludes halogenated alkanes) is 49. The van der Waals surface area contributed by atoms with Crippen molar-refractivity contribution in [1.82, 2.24) is 0 Å². The summed E-state index contributed by atoms with van der Waals surface area (Å²) < 4.78 is 68.8. The van der Waals surface area contributed by atoms with E-state index < -0.39 is 97.5 Å². The molecule has 606 valence electrons. The third-order valence-electron chi connectivity index (χ3n) is 19.4. The molecule has 0 aromatic rings. The van der Waals surface area contributed by atoms with E-state index >= 15 is 0 Å². The monoisotopic (exact) mass is 1490 g/mol. The Morgan fingerprint density at radius 2 is 0.451 bits per heavy atom. The smallest absolute Gasteiger partial charge is 0.462 e. The van der Waals surface area contributed by atoms with Crippen molar-refractivity contribution in [1.29, 1.82) is 0 Å². The van der Waals surface area contributed by atoms with E-state index in [0.29, 0.717) is 25.7 Å². The molecule has 0 fully saturated rings. The van der Waals surface area contributed by atoms with Crippen LogP contribution in [0.4, 0.5) is 0 Å². The van der Waals surface area contributed by atoms with E-state index in [2.05, 4.69) is 48.5 Å². The fourth-order valence-electron chi connectivity index (χ4n) is 12.8. The molecule has 0 saturated carbocycles. The van der Waals surface area contributed by atoms with Crippen LogP contribution in [0.1, 0.15) is 434 Å². The van der Waals surface area contributed by atoms with Crippen molar-refractivity contribution in [2.45, 2.75) is 452 Å². The molecule has 2 unspecified atom stereocenters. The van der Waals surface area contributed by atoms with E-state index in [4.69, 9.17) is 37.0 Å². The van der Waals surface area contributed by atoms with E-state index in [1.807, 2.05) is 0 Å². The Balaban J connectivity index is 5.23. The van der Waals surface area contributed by atoms with Crippen molar-refractivity contribution in [2.75, 3.05) is 39.6 Å². The van der Waals surface area contributed by atoms with E-state index in [0.717, 1.165) is 108 Å². The third kappa shape index (κ3) is 76.3. The number of aliphatic hydroxyl groups is 1. The predicted octanol–water partition coefficient (Wildman–Crippen LogP) is 24.9. The van der Waals surface area contributed by atoms with Gasteiger partial charge < -0.3 is 33.8 Å². The minimum Gasteiger partial charge on any atom is -0.462 e. The first-order valence-corrected chi connectivity index (χ1v) is 45.8. The highest BCUT2D eigenvalue weighted by Crippen LogP contribution is 2.45. The van der Waals surface area contributed by atoms with E-state index in [1.54, 1.807) is 0 Å². The van der Waals surface area contributed by atoms with Crippen LogP contribution in [0, 0.1) is 17.8 Å². The molecule has 0 amide bonds. The topological polar surface area (TPSA) is 237 Å². The minimum absolute atomic E-state index is 0.106. The van der Waals surface area contributed by atoms with Gasteiger partial charge in [0.2, 0.25) is 0 Å². The molecule has 0 aromatic carbocycles. The van der Waals surface area contributed by atoms with Crippen molar-refractivity contribution < 1.29 is 80.2 Å². The van der Waals surface area contributed by atoms with Gasteiger partial charge in [0.15, 0.2) is 12.2 Å². The van der Waals surface area contributed by atoms with E-state index in [1.165, 1.54) is 244 Å². The van der Waals surface area contributed by atoms with Gasteiger partial charge in [-0.05, 0) is 43.4 Å². The molecule has 0 aliphatic carbocycles. The van der Waals surface area contributed by atoms with Gasteiger partial charge in [-0.25, -0.2) is 9.13 Å². The van der Waals surface area contributed by atoms with Crippen molar-refractivity contribution in [2.24, 2.45) is 17.8 Å². The van der Waals surface area contributed by atoms with Gasteiger partial charge >= 0.3 is 39.5 Å². The predicted molar refractivity (Wildman–Crippen MR) is 418 cm³/mol. The molecule has 19 heteroatoms. The number of rotatable bonds is 81. The Labute approximate surface area is 626 Å². The SMILES string of the molecule is CCCCCCCCCCCCCCCCCCCCCCCCC(=O)O[C@H](COC(=O)CCCCCCCCCCCCCC(C)C)COP(=O)(O)OC[C@@H](O)COP(=O)(O)OC[C@@H](COC(=O)CCCCCCCCCCCCC(C)C)OC(=O)CCCCCCCCCCCCC(C)C. The summed E-state index contributed by atoms with van der Waals surface area (Å²) in [6.07, 6.45) is 62.5. The number of carbonyl (C=O) groups is 4. The summed E-state index contributed by atoms with van der Waals surface area (Å²) in [6.45, 7) is 11.9. The number of ether oxygens (including phenoxy) is 4. The summed E-state index contributed by atoms with van der Waals surface area (Å²) in [5, 5.41) is 10.7. The lowest BCUT2D eigenvalue weighted by molar-refractivity contribution is -0.161. The molecule has 17 nitrogen and oxygen atoms in total. The quantitative estimate of drug-likeness (QED) is 0.0222. The molecule has 0 saturated heterocycles. The minimum atomic E-state index is -4.96. The Kier molecular flexibility index (Phi) is 71.8. The molecule has 5 atom stereocenters. The van der Waals surface area contributed by atoms with Crippen LogP contribution < -0.4 is 0 Å². The fraction of sp³-hybridized carbons (Fsp3) is 0.952. The van der Waals surface area contributed by atoms with Crippen LogP contribution in [0.15, 0.2) is 0 Å². The fourth-order valence-corrected chi connectivity index (χ4v) is 14.4. The van der Waals surface area contributed by atoms with E-state index in [-0.39, 0.29) is 25.7 Å². The molecule has 0 bridgehead atoms. The number of hydrogen-bond donors (Lipinski definition) is 3. The Hall–Kier alpha value is -1.94. The van der Waals surface area contributed by atoms with Crippen LogP contribution in [-0.2, 0) is 65.4 Å². The normalized spacial score (nSPS) is 13.9. The van der Waals surface area contributed by atoms with Crippen LogP contribution >= 0.6 is 15.6 Å². The zero-order valence-corrected chi connectivity index (χ0v) is 68.9. The second-order valence-electron chi connectivity index (χ2n) is 31.3. The van der Waals surface area contributed by atoms with Crippen LogP contribution in [0.5, 0.6) is 0 Å². The Bertz CT molecular complexity index is 1970. The number of phosphoric ester groups is 2. The van der Waals surface area contributed by atoms with E-state index in [9.17, 15) is 43.2 Å². The lowest BCUT2D eigenvalue weighted by Crippen LogP contribution is -2.30. The van der Waals surface area contributed by atoms with Gasteiger partial charge in [-0.15, -0.1) is 0 Å². The highest BCUT2D eigenvalue weighted by molar-refractivity contribution is 7.47. The average Bonchev–Trinajstić information content (AvgIpc) is 0.910. The van der Waals surface area contributed by atoms with Crippen LogP contribution in [-0.4, -0.2) is 96.7 Å². The van der Waals surface area contributed by atoms with Crippen molar-refractivity contribution in [3.8, 4) is 0 Å². The highest BCUT2D eigenvalue weighted by Gasteiger charge is 2.30. The molecule has 0 rings (SSSR count). The Morgan fingerprint density at radius 3 is 0.667 bits per heavy atom. The Morgan fingerprint density at radius 1 is 0.265 bits per heavy atom. The maximum Gasteiger partial charge on any atom is 0.472 e. The molecule has 3 N–H and O–H groups in total. The third-order valence-corrected chi connectivity index (χ3v) is 21.3. The molecule has 0 spiro atoms. The summed E-state index contributed by atoms with van der Waals surface area (Å²) in [6, 6.07) is 0. The first kappa shape index (κ1) is 100. The average molecular weight is 1490 g/mol. The van der Waals surface area contributed by atoms with Gasteiger partial charge in [0, 0.05) is 25.7 Å². The standard InChI is InChI=1S/C83H162O17P2/c1-8-9-10-11-12-13-14-15-16-17-18-19-20-21-22-23-24-27-38-45-52-59-66-82(87)99-78(70-93-80(85)64-57-50-43-36-28-25-26-33-40-47-54-61-74(2)3)72-97-101(89,90)95-68-77(84)69-96-102(91,92)98-73-79(100-83(88)67-60-53-46-39-32-30-35-42-49-56-63-76(6)7)71-94-81(86)65-58-51-44-37-31-29-34-41-48-55-62-75(4)5/h74-79,84H,8-73H2,1-7H3,(H,89,90)(H,91,92)/t77-,78-,79-/m1/s1. The van der Waals surface area contributed by atoms with Gasteiger partial charge in [0.25, 0.3) is 0 Å². The number of aliphatic hydroxyl groups excluding tert-OH is 1. The second-order valence-corrected chi connectivity index (χ2v) is 34.2. The summed E-state index contributed by atoms with van der Waals surface area (Å²) >= 11 is 0. The lowest BCUT2D eigenvalue weighted by Gasteiger charge is -2.21. The van der Waals surface area contributed by atoms with Crippen LogP contribution in [0.3, 0.4) is 0 Å². The molecule has 0 heterocycles. The lowest BCUT2D eigenvalue weighted by atomic mass is 10.0. The first-order valence-electron chi connectivity index (χ1n) is 42.8. The second kappa shape index (κ2) is 73.2. The first-order chi connectivity index (χ1) is 49.2. The van der Waals surface area contributed by atoms with Gasteiger partial charge in [0.1, 0.15) is 19.3 Å². The molecule has 0 aromatic heterocycles. The van der Waals surface area contributed by atoms with Crippen LogP contribution in [0.2, 0.25) is 0 Å². The molecule has 102 heavy (non-hydrogen) atoms. The number of carbonyl (C=O) groups excluding carboxylic acids is 4. The van der Waals surface area contributed by atoms with Gasteiger partial charge in [-0.1, -0.05) is 382 Å².